The molecule has 0 amide bonds. The first kappa shape index (κ1) is 24.3. The van der Waals surface area contributed by atoms with Gasteiger partial charge in [-0.2, -0.15) is 43.2 Å². The monoisotopic (exact) mass is 475 g/mol. The Morgan fingerprint density at radius 2 is 1.22 bits per heavy atom. The predicted molar refractivity (Wildman–Crippen MR) is 73.8 cm³/mol. The molecule has 0 unspecified atom stereocenters. The van der Waals surface area contributed by atoms with Crippen molar-refractivity contribution in [3.8, 4) is 0 Å². The fourth-order valence-corrected chi connectivity index (χ4v) is 5.20. The van der Waals surface area contributed by atoms with E-state index in [1.807, 2.05) is 0 Å². The summed E-state index contributed by atoms with van der Waals surface area (Å²) in [7, 11) is -20.6. The zero-order valence-corrected chi connectivity index (χ0v) is 15.3. The first-order chi connectivity index (χ1) is 11.8. The average Bonchev–Trinajstić information content (AvgIpc) is 2.44. The van der Waals surface area contributed by atoms with Crippen LogP contribution in [0.25, 0.3) is 0 Å². The Balaban J connectivity index is 3.20. The minimum absolute atomic E-state index is 0.00854. The van der Waals surface area contributed by atoms with Crippen LogP contribution in [0.1, 0.15) is 32.1 Å². The van der Waals surface area contributed by atoms with Crippen molar-refractivity contribution >= 4 is 30.6 Å². The largest absolute Gasteiger partial charge is 0.443 e. The standard InChI is InChI=1S/C9H12F7NO7S3/c10-7(11,8(12,13)25(16,18)19)9(14,15)26(20,21)17-27(22,23)24-6-4-2-1-3-5-6/h6,17H,1-5H2. The molecule has 1 fully saturated rings. The average molecular weight is 475 g/mol. The van der Waals surface area contributed by atoms with E-state index in [1.165, 1.54) is 0 Å². The van der Waals surface area contributed by atoms with Crippen molar-refractivity contribution in [3.63, 3.8) is 0 Å². The maximum absolute atomic E-state index is 13.5. The van der Waals surface area contributed by atoms with Gasteiger partial charge in [0.25, 0.3) is 10.0 Å². The summed E-state index contributed by atoms with van der Waals surface area (Å²) in [6, 6.07) is 0. The molecule has 8 nitrogen and oxygen atoms in total. The van der Waals surface area contributed by atoms with E-state index in [1.54, 1.807) is 0 Å². The lowest BCUT2D eigenvalue weighted by atomic mass is 9.98. The lowest BCUT2D eigenvalue weighted by Gasteiger charge is -2.29. The molecular formula is C9H12F7NO7S3. The van der Waals surface area contributed by atoms with Crippen molar-refractivity contribution < 1.29 is 59.7 Å². The van der Waals surface area contributed by atoms with Crippen molar-refractivity contribution in [2.24, 2.45) is 0 Å². The highest BCUT2D eigenvalue weighted by atomic mass is 32.3. The van der Waals surface area contributed by atoms with Gasteiger partial charge < -0.3 is 0 Å². The summed E-state index contributed by atoms with van der Waals surface area (Å²) in [5.41, 5.74) is 0. The molecule has 1 aliphatic rings. The fourth-order valence-electron chi connectivity index (χ4n) is 2.04. The number of rotatable bonds is 8. The van der Waals surface area contributed by atoms with Crippen molar-refractivity contribution in [1.82, 2.24) is 4.13 Å². The molecule has 162 valence electrons. The van der Waals surface area contributed by atoms with Crippen molar-refractivity contribution in [2.75, 3.05) is 0 Å². The van der Waals surface area contributed by atoms with Crippen molar-refractivity contribution in [1.29, 1.82) is 0 Å². The maximum Gasteiger partial charge on any atom is 0.443 e. The summed E-state index contributed by atoms with van der Waals surface area (Å²) in [5.74, 6) is -7.38. The molecule has 0 aliphatic heterocycles. The lowest BCUT2D eigenvalue weighted by Crippen LogP contribution is -2.62. The van der Waals surface area contributed by atoms with E-state index >= 15 is 0 Å². The smallest absolute Gasteiger partial charge is 0.254 e. The van der Waals surface area contributed by atoms with Crippen LogP contribution in [0, 0.1) is 0 Å². The van der Waals surface area contributed by atoms with Gasteiger partial charge in [-0.25, -0.2) is 8.42 Å². The highest BCUT2D eigenvalue weighted by molar-refractivity contribution is 8.03. The Morgan fingerprint density at radius 1 is 0.778 bits per heavy atom. The zero-order chi connectivity index (χ0) is 21.5. The molecule has 1 saturated carbocycles. The molecule has 0 aromatic carbocycles. The molecule has 0 bridgehead atoms. The van der Waals surface area contributed by atoms with Gasteiger partial charge in [0, 0.05) is 0 Å². The molecule has 1 aliphatic carbocycles. The maximum atomic E-state index is 13.5. The predicted octanol–water partition coefficient (Wildman–Crippen LogP) is 1.62. The van der Waals surface area contributed by atoms with E-state index < -0.39 is 53.1 Å². The van der Waals surface area contributed by atoms with Gasteiger partial charge in [0.05, 0.1) is 6.10 Å². The molecule has 0 aromatic heterocycles. The molecule has 18 heteroatoms. The highest BCUT2D eigenvalue weighted by Crippen LogP contribution is 2.51. The second-order valence-electron chi connectivity index (χ2n) is 5.44. The SMILES string of the molecule is O=S(=O)(NS(=O)(=O)C(F)(F)C(F)(F)C(F)(F)S(=O)(=O)F)OC1CCCCC1. The Kier molecular flexibility index (Phi) is 6.55. The Bertz CT molecular complexity index is 864. The quantitative estimate of drug-likeness (QED) is 0.418. The first-order valence-electron chi connectivity index (χ1n) is 6.82. The van der Waals surface area contributed by atoms with Crippen LogP contribution in [0.2, 0.25) is 0 Å². The van der Waals surface area contributed by atoms with Crippen LogP contribution in [0.5, 0.6) is 0 Å². The number of alkyl halides is 6. The van der Waals surface area contributed by atoms with Crippen LogP contribution >= 0.6 is 0 Å². The van der Waals surface area contributed by atoms with Crippen LogP contribution in [-0.2, 0) is 34.7 Å². The summed E-state index contributed by atoms with van der Waals surface area (Å²) in [6.07, 6.45) is 0.400. The summed E-state index contributed by atoms with van der Waals surface area (Å²) >= 11 is 0. The van der Waals surface area contributed by atoms with Crippen LogP contribution in [-0.4, -0.2) is 47.8 Å². The number of nitrogens with one attached hydrogen (secondary N) is 1. The number of sulfonamides is 1. The summed E-state index contributed by atoms with van der Waals surface area (Å²) in [6.45, 7) is 0. The summed E-state index contributed by atoms with van der Waals surface area (Å²) in [5, 5.41) is -14.3. The van der Waals surface area contributed by atoms with Crippen molar-refractivity contribution in [3.05, 3.63) is 0 Å². The molecule has 0 heterocycles. The van der Waals surface area contributed by atoms with Gasteiger partial charge in [-0.15, -0.1) is 0 Å². The molecule has 1 rings (SSSR count). The number of halogens is 7. The zero-order valence-electron chi connectivity index (χ0n) is 12.8. The third-order valence-electron chi connectivity index (χ3n) is 3.40. The molecular weight excluding hydrogens is 463 g/mol. The first-order valence-corrected chi connectivity index (χ1v) is 11.1. The molecule has 0 spiro atoms. The molecule has 1 N–H and O–H groups in total. The minimum atomic E-state index is -7.71. The van der Waals surface area contributed by atoms with Crippen LogP contribution in [0.15, 0.2) is 0 Å². The van der Waals surface area contributed by atoms with Gasteiger partial charge in [-0.3, -0.25) is 4.18 Å². The lowest BCUT2D eigenvalue weighted by molar-refractivity contribution is -0.245. The normalized spacial score (nSPS) is 19.2. The van der Waals surface area contributed by atoms with E-state index in [-0.39, 0.29) is 17.0 Å². The Hall–Kier alpha value is -0.720. The van der Waals surface area contributed by atoms with E-state index in [9.17, 15) is 55.5 Å². The van der Waals surface area contributed by atoms with Gasteiger partial charge in [0.1, 0.15) is 0 Å². The van der Waals surface area contributed by atoms with E-state index in [4.69, 9.17) is 0 Å². The summed E-state index contributed by atoms with van der Waals surface area (Å²) < 4.78 is 161. The molecule has 0 radical (unpaired) electrons. The third kappa shape index (κ3) is 4.65. The van der Waals surface area contributed by atoms with E-state index in [0.717, 1.165) is 0 Å². The molecule has 27 heavy (non-hydrogen) atoms. The van der Waals surface area contributed by atoms with Gasteiger partial charge in [0.2, 0.25) is 0 Å². The fraction of sp³-hybridized carbons (Fsp3) is 1.00. The van der Waals surface area contributed by atoms with Gasteiger partial charge in [-0.05, 0) is 12.8 Å². The Labute approximate surface area is 149 Å². The molecule has 0 aromatic rings. The van der Waals surface area contributed by atoms with Gasteiger partial charge in [0.15, 0.2) is 0 Å². The Morgan fingerprint density at radius 3 is 1.63 bits per heavy atom. The van der Waals surface area contributed by atoms with E-state index in [0.29, 0.717) is 19.3 Å². The number of hydrogen-bond donors (Lipinski definition) is 1. The summed E-state index contributed by atoms with van der Waals surface area (Å²) in [4.78, 5) is 0. The third-order valence-corrected chi connectivity index (χ3v) is 7.42. The second-order valence-corrected chi connectivity index (χ2v) is 10.1. The van der Waals surface area contributed by atoms with E-state index in [2.05, 4.69) is 4.18 Å². The topological polar surface area (TPSA) is 124 Å². The highest BCUT2D eigenvalue weighted by Gasteiger charge is 2.83. The van der Waals surface area contributed by atoms with Crippen LogP contribution in [0.3, 0.4) is 0 Å². The van der Waals surface area contributed by atoms with Crippen molar-refractivity contribution in [2.45, 2.75) is 54.6 Å². The molecule has 0 atom stereocenters. The second kappa shape index (κ2) is 7.27. The minimum Gasteiger partial charge on any atom is -0.254 e. The van der Waals surface area contributed by atoms with Crippen LogP contribution < -0.4 is 4.13 Å². The molecule has 0 saturated heterocycles. The van der Waals surface area contributed by atoms with Gasteiger partial charge in [-0.1, -0.05) is 27.3 Å². The number of hydrogen-bond acceptors (Lipinski definition) is 7. The van der Waals surface area contributed by atoms with Gasteiger partial charge >= 0.3 is 37.0 Å². The van der Waals surface area contributed by atoms with Crippen LogP contribution in [0.4, 0.5) is 30.2 Å².